The van der Waals surface area contributed by atoms with Crippen LogP contribution in [0.15, 0.2) is 35.0 Å². The molecule has 0 saturated heterocycles. The molecule has 0 aliphatic heterocycles. The van der Waals surface area contributed by atoms with Crippen molar-refractivity contribution in [2.75, 3.05) is 11.5 Å². The molecule has 0 fully saturated rings. The molecular weight excluding hydrogens is 334 g/mol. The Hall–Kier alpha value is -2.28. The van der Waals surface area contributed by atoms with Crippen LogP contribution >= 0.6 is 11.8 Å². The summed E-state index contributed by atoms with van der Waals surface area (Å²) < 4.78 is 3.42. The molecule has 130 valence electrons. The van der Waals surface area contributed by atoms with Gasteiger partial charge in [-0.1, -0.05) is 24.6 Å². The highest BCUT2D eigenvalue weighted by molar-refractivity contribution is 7.99. The SMILES string of the molecule is CCSc1nn(-c2ccn(C)n2)c(N)c1C1=C2CC=CCC2C(=O)C1. The Balaban J connectivity index is 1.88. The number of fused-ring (bicyclic) bond motifs is 1. The van der Waals surface area contributed by atoms with Gasteiger partial charge in [0, 0.05) is 31.6 Å². The topological polar surface area (TPSA) is 78.7 Å². The van der Waals surface area contributed by atoms with Crippen molar-refractivity contribution in [3.8, 4) is 5.82 Å². The normalized spacial score (nSPS) is 19.8. The van der Waals surface area contributed by atoms with Crippen LogP contribution in [-0.2, 0) is 11.8 Å². The number of rotatable bonds is 4. The van der Waals surface area contributed by atoms with E-state index in [9.17, 15) is 4.79 Å². The highest BCUT2D eigenvalue weighted by Crippen LogP contribution is 2.46. The maximum absolute atomic E-state index is 12.5. The van der Waals surface area contributed by atoms with E-state index < -0.39 is 0 Å². The van der Waals surface area contributed by atoms with Gasteiger partial charge in [0.25, 0.3) is 0 Å². The number of carbonyl (C=O) groups excluding carboxylic acids is 1. The molecule has 1 unspecified atom stereocenters. The molecule has 1 atom stereocenters. The number of nitrogens with two attached hydrogens (primary N) is 1. The van der Waals surface area contributed by atoms with Gasteiger partial charge < -0.3 is 5.73 Å². The van der Waals surface area contributed by atoms with E-state index in [1.165, 1.54) is 5.57 Å². The molecule has 2 heterocycles. The minimum Gasteiger partial charge on any atom is -0.383 e. The molecule has 0 amide bonds. The number of aromatic nitrogens is 4. The lowest BCUT2D eigenvalue weighted by Gasteiger charge is -2.15. The van der Waals surface area contributed by atoms with Crippen molar-refractivity contribution in [1.29, 1.82) is 0 Å². The molecule has 25 heavy (non-hydrogen) atoms. The van der Waals surface area contributed by atoms with Gasteiger partial charge in [-0.2, -0.15) is 14.9 Å². The van der Waals surface area contributed by atoms with E-state index >= 15 is 0 Å². The van der Waals surface area contributed by atoms with E-state index in [0.717, 1.165) is 34.8 Å². The Bertz CT molecular complexity index is 905. The number of hydrogen-bond donors (Lipinski definition) is 1. The zero-order valence-corrected chi connectivity index (χ0v) is 15.2. The molecule has 2 aliphatic rings. The van der Waals surface area contributed by atoms with Crippen molar-refractivity contribution < 1.29 is 4.79 Å². The van der Waals surface area contributed by atoms with Gasteiger partial charge in [0.05, 0.1) is 5.56 Å². The summed E-state index contributed by atoms with van der Waals surface area (Å²) in [4.78, 5) is 12.5. The molecular formula is C18H21N5OS. The summed E-state index contributed by atoms with van der Waals surface area (Å²) >= 11 is 1.66. The summed E-state index contributed by atoms with van der Waals surface area (Å²) in [5.41, 5.74) is 9.73. The van der Waals surface area contributed by atoms with Crippen LogP contribution in [0.4, 0.5) is 5.82 Å². The van der Waals surface area contributed by atoms with E-state index in [-0.39, 0.29) is 5.92 Å². The van der Waals surface area contributed by atoms with Gasteiger partial charge in [-0.15, -0.1) is 11.8 Å². The summed E-state index contributed by atoms with van der Waals surface area (Å²) in [6, 6.07) is 1.89. The van der Waals surface area contributed by atoms with Crippen LogP contribution in [-0.4, -0.2) is 31.1 Å². The van der Waals surface area contributed by atoms with Crippen molar-refractivity contribution in [2.24, 2.45) is 13.0 Å². The van der Waals surface area contributed by atoms with E-state index in [2.05, 4.69) is 24.2 Å². The smallest absolute Gasteiger partial charge is 0.177 e. The second kappa shape index (κ2) is 6.22. The average Bonchev–Trinajstić information content (AvgIpc) is 3.25. The van der Waals surface area contributed by atoms with Gasteiger partial charge in [0.15, 0.2) is 5.82 Å². The molecule has 2 aliphatic carbocycles. The third-order valence-corrected chi connectivity index (χ3v) is 5.66. The number of thioether (sulfide) groups is 1. The molecule has 0 bridgehead atoms. The maximum atomic E-state index is 12.5. The van der Waals surface area contributed by atoms with Crippen LogP contribution in [0.5, 0.6) is 0 Å². The summed E-state index contributed by atoms with van der Waals surface area (Å²) in [5, 5.41) is 10.0. The first-order chi connectivity index (χ1) is 12.1. The first kappa shape index (κ1) is 16.2. The summed E-state index contributed by atoms with van der Waals surface area (Å²) in [6.07, 6.45) is 8.22. The van der Waals surface area contributed by atoms with Crippen LogP contribution < -0.4 is 5.73 Å². The number of ketones is 1. The number of nitrogen functional groups attached to an aromatic ring is 1. The van der Waals surface area contributed by atoms with Crippen LogP contribution in [0.3, 0.4) is 0 Å². The second-order valence-electron chi connectivity index (χ2n) is 6.37. The molecule has 4 rings (SSSR count). The monoisotopic (exact) mass is 355 g/mol. The highest BCUT2D eigenvalue weighted by Gasteiger charge is 2.36. The Morgan fingerprint density at radius 2 is 2.20 bits per heavy atom. The summed E-state index contributed by atoms with van der Waals surface area (Å²) in [7, 11) is 1.87. The first-order valence-electron chi connectivity index (χ1n) is 8.51. The standard InChI is InChI=1S/C18H21N5OS/c1-3-25-18-16(13-10-14(24)12-7-5-4-6-11(12)13)17(19)23(21-18)15-8-9-22(2)20-15/h4-5,8-9,12H,3,6-7,10,19H2,1-2H3. The van der Waals surface area contributed by atoms with Gasteiger partial charge in [-0.3, -0.25) is 9.48 Å². The number of anilines is 1. The predicted molar refractivity (Wildman–Crippen MR) is 99.5 cm³/mol. The average molecular weight is 355 g/mol. The number of allylic oxidation sites excluding steroid dienone is 4. The minimum absolute atomic E-state index is 0.0251. The molecule has 0 spiro atoms. The minimum atomic E-state index is 0.0251. The van der Waals surface area contributed by atoms with Gasteiger partial charge in [-0.05, 0) is 24.2 Å². The quantitative estimate of drug-likeness (QED) is 0.674. The van der Waals surface area contributed by atoms with Gasteiger partial charge in [0.2, 0.25) is 0 Å². The number of carbonyl (C=O) groups is 1. The fourth-order valence-corrected chi connectivity index (χ4v) is 4.45. The van der Waals surface area contributed by atoms with Crippen LogP contribution in [0.25, 0.3) is 11.4 Å². The number of Topliss-reactive ketones (excluding diaryl/α,β-unsaturated/α-hetero) is 1. The van der Waals surface area contributed by atoms with Crippen molar-refractivity contribution in [1.82, 2.24) is 19.6 Å². The summed E-state index contributed by atoms with van der Waals surface area (Å²) in [5.74, 6) is 2.48. The first-order valence-corrected chi connectivity index (χ1v) is 9.50. The van der Waals surface area contributed by atoms with E-state index in [1.54, 1.807) is 21.1 Å². The molecule has 2 N–H and O–H groups in total. The third-order valence-electron chi connectivity index (χ3n) is 4.81. The molecule has 0 radical (unpaired) electrons. The zero-order valence-electron chi connectivity index (χ0n) is 14.4. The van der Waals surface area contributed by atoms with E-state index in [0.29, 0.717) is 23.8 Å². The van der Waals surface area contributed by atoms with Crippen LogP contribution in [0, 0.1) is 5.92 Å². The molecule has 0 saturated carbocycles. The third kappa shape index (κ3) is 2.63. The van der Waals surface area contributed by atoms with Gasteiger partial charge >= 0.3 is 0 Å². The highest BCUT2D eigenvalue weighted by atomic mass is 32.2. The molecule has 7 heteroatoms. The van der Waals surface area contributed by atoms with Crippen molar-refractivity contribution in [3.63, 3.8) is 0 Å². The number of hydrogen-bond acceptors (Lipinski definition) is 5. The Morgan fingerprint density at radius 1 is 1.36 bits per heavy atom. The fraction of sp³-hybridized carbons (Fsp3) is 0.389. The molecule has 0 aromatic carbocycles. The summed E-state index contributed by atoms with van der Waals surface area (Å²) in [6.45, 7) is 2.09. The van der Waals surface area contributed by atoms with Gasteiger partial charge in [0.1, 0.15) is 16.6 Å². The van der Waals surface area contributed by atoms with Crippen molar-refractivity contribution in [2.45, 2.75) is 31.2 Å². The van der Waals surface area contributed by atoms with Crippen LogP contribution in [0.2, 0.25) is 0 Å². The maximum Gasteiger partial charge on any atom is 0.177 e. The molecule has 2 aromatic heterocycles. The van der Waals surface area contributed by atoms with E-state index in [4.69, 9.17) is 10.8 Å². The van der Waals surface area contributed by atoms with Crippen molar-refractivity contribution >= 4 is 28.9 Å². The van der Waals surface area contributed by atoms with E-state index in [1.807, 2.05) is 19.3 Å². The second-order valence-corrected chi connectivity index (χ2v) is 7.62. The fourth-order valence-electron chi connectivity index (χ4n) is 3.67. The Kier molecular flexibility index (Phi) is 4.03. The van der Waals surface area contributed by atoms with Gasteiger partial charge in [-0.25, -0.2) is 0 Å². The lowest BCUT2D eigenvalue weighted by molar-refractivity contribution is -0.120. The Labute approximate surface area is 150 Å². The molecule has 6 nitrogen and oxygen atoms in total. The largest absolute Gasteiger partial charge is 0.383 e. The Morgan fingerprint density at radius 3 is 2.92 bits per heavy atom. The lowest BCUT2D eigenvalue weighted by Crippen LogP contribution is -2.11. The molecule has 2 aromatic rings. The lowest BCUT2D eigenvalue weighted by atomic mass is 9.89. The van der Waals surface area contributed by atoms with Crippen molar-refractivity contribution in [3.05, 3.63) is 35.6 Å². The number of nitrogens with zero attached hydrogens (tertiary/aromatic N) is 4. The van der Waals surface area contributed by atoms with Crippen LogP contribution in [0.1, 0.15) is 31.7 Å². The number of aryl methyl sites for hydroxylation is 1. The predicted octanol–water partition coefficient (Wildman–Crippen LogP) is 2.99. The zero-order chi connectivity index (χ0) is 17.6.